The highest BCUT2D eigenvalue weighted by Crippen LogP contribution is 2.33. The number of hydrogen-bond donors (Lipinski definition) is 0. The third kappa shape index (κ3) is 3.27. The molecule has 1 amide bonds. The fourth-order valence-electron chi connectivity index (χ4n) is 3.24. The van der Waals surface area contributed by atoms with Crippen LogP contribution in [0.3, 0.4) is 0 Å². The van der Waals surface area contributed by atoms with Gasteiger partial charge in [-0.25, -0.2) is 0 Å². The van der Waals surface area contributed by atoms with Crippen molar-refractivity contribution in [3.05, 3.63) is 29.5 Å². The molecule has 26 heavy (non-hydrogen) atoms. The Morgan fingerprint density at radius 2 is 1.92 bits per heavy atom. The summed E-state index contributed by atoms with van der Waals surface area (Å²) in [5.41, 5.74) is 1.44. The maximum Gasteiger partial charge on any atom is 0.276 e. The normalized spacial score (nSPS) is 22.0. The molecule has 0 atom stereocenters. The van der Waals surface area contributed by atoms with Crippen molar-refractivity contribution in [2.45, 2.75) is 0 Å². The molecule has 3 aliphatic rings. The van der Waals surface area contributed by atoms with Gasteiger partial charge in [0, 0.05) is 33.2 Å². The van der Waals surface area contributed by atoms with Gasteiger partial charge in [0.1, 0.15) is 5.70 Å². The van der Waals surface area contributed by atoms with E-state index in [9.17, 15) is 4.79 Å². The molecule has 4 rings (SSSR count). The van der Waals surface area contributed by atoms with Gasteiger partial charge < -0.3 is 19.1 Å². The second-order valence-electron chi connectivity index (χ2n) is 6.39. The largest absolute Gasteiger partial charge is 0.454 e. The lowest BCUT2D eigenvalue weighted by Crippen LogP contribution is -2.43. The number of carbonyl (C=O) groups is 1. The van der Waals surface area contributed by atoms with Crippen molar-refractivity contribution >= 4 is 29.3 Å². The van der Waals surface area contributed by atoms with Crippen molar-refractivity contribution in [3.8, 4) is 11.5 Å². The quantitative estimate of drug-likeness (QED) is 0.578. The van der Waals surface area contributed by atoms with Gasteiger partial charge in [0.25, 0.3) is 5.91 Å². The predicted octanol–water partition coefficient (Wildman–Crippen LogP) is 1.15. The van der Waals surface area contributed by atoms with E-state index in [4.69, 9.17) is 26.4 Å². The van der Waals surface area contributed by atoms with Gasteiger partial charge in [0.05, 0.1) is 13.2 Å². The number of ether oxygens (including phenoxy) is 3. The number of fused-ring (bicyclic) bond motifs is 1. The first kappa shape index (κ1) is 17.3. The van der Waals surface area contributed by atoms with E-state index < -0.39 is 0 Å². The van der Waals surface area contributed by atoms with Gasteiger partial charge in [-0.05, 0) is 36.0 Å². The van der Waals surface area contributed by atoms with Gasteiger partial charge in [-0.15, -0.1) is 0 Å². The zero-order valence-corrected chi connectivity index (χ0v) is 15.5. The van der Waals surface area contributed by atoms with Crippen LogP contribution in [0.4, 0.5) is 0 Å². The third-order valence-electron chi connectivity index (χ3n) is 4.79. The molecule has 0 N–H and O–H groups in total. The molecule has 1 aromatic carbocycles. The molecule has 7 nitrogen and oxygen atoms in total. The molecule has 2 saturated heterocycles. The van der Waals surface area contributed by atoms with E-state index in [0.29, 0.717) is 23.1 Å². The average Bonchev–Trinajstić information content (AvgIpc) is 3.20. The maximum atomic E-state index is 12.9. The SMILES string of the molecule is CN1C(=S)N(CCN2CCOCC2)C(=O)/C1=C/c1ccc2c(c1)OCO2. The second kappa shape index (κ2) is 7.22. The molecule has 0 saturated carbocycles. The number of nitrogens with zero attached hydrogens (tertiary/aromatic N) is 3. The molecular formula is C18H21N3O4S. The zero-order chi connectivity index (χ0) is 18.1. The molecular weight excluding hydrogens is 354 g/mol. The molecule has 0 aromatic heterocycles. The van der Waals surface area contributed by atoms with Crippen molar-refractivity contribution in [1.29, 1.82) is 0 Å². The maximum absolute atomic E-state index is 12.9. The monoisotopic (exact) mass is 375 g/mol. The van der Waals surface area contributed by atoms with E-state index in [0.717, 1.165) is 44.2 Å². The van der Waals surface area contributed by atoms with Crippen LogP contribution < -0.4 is 9.47 Å². The van der Waals surface area contributed by atoms with Crippen molar-refractivity contribution in [2.24, 2.45) is 0 Å². The van der Waals surface area contributed by atoms with E-state index >= 15 is 0 Å². The average molecular weight is 375 g/mol. The number of likely N-dealkylation sites (N-methyl/N-ethyl adjacent to an activating group) is 1. The lowest BCUT2D eigenvalue weighted by atomic mass is 10.1. The Morgan fingerprint density at radius 3 is 2.73 bits per heavy atom. The Labute approximate surface area is 157 Å². The number of amides is 1. The molecule has 3 aliphatic heterocycles. The minimum absolute atomic E-state index is 0.0663. The van der Waals surface area contributed by atoms with Crippen LogP contribution in [0.2, 0.25) is 0 Å². The molecule has 0 aliphatic carbocycles. The minimum Gasteiger partial charge on any atom is -0.454 e. The molecule has 8 heteroatoms. The second-order valence-corrected chi connectivity index (χ2v) is 6.76. The zero-order valence-electron chi connectivity index (χ0n) is 14.6. The summed E-state index contributed by atoms with van der Waals surface area (Å²) in [5.74, 6) is 1.35. The standard InChI is InChI=1S/C18H21N3O4S/c1-19-14(10-13-2-3-15-16(11-13)25-12-24-15)17(22)21(18(19)26)5-4-20-6-8-23-9-7-20/h2-3,10-11H,4-9,12H2,1H3/b14-10-. The number of rotatable bonds is 4. The Bertz CT molecular complexity index is 761. The van der Waals surface area contributed by atoms with Gasteiger partial charge in [0.2, 0.25) is 6.79 Å². The lowest BCUT2D eigenvalue weighted by Gasteiger charge is -2.28. The topological polar surface area (TPSA) is 54.5 Å². The summed E-state index contributed by atoms with van der Waals surface area (Å²) in [6.45, 7) is 4.88. The first-order chi connectivity index (χ1) is 12.6. The molecule has 0 spiro atoms. The summed E-state index contributed by atoms with van der Waals surface area (Å²) in [4.78, 5) is 18.6. The Hall–Kier alpha value is -2.16. The number of thiocarbonyl (C=S) groups is 1. The van der Waals surface area contributed by atoms with Crippen LogP contribution in [0.1, 0.15) is 5.56 Å². The van der Waals surface area contributed by atoms with Crippen LogP contribution in [0.25, 0.3) is 6.08 Å². The molecule has 0 bridgehead atoms. The van der Waals surface area contributed by atoms with Crippen molar-refractivity contribution in [3.63, 3.8) is 0 Å². The van der Waals surface area contributed by atoms with E-state index in [2.05, 4.69) is 4.90 Å². The summed E-state index contributed by atoms with van der Waals surface area (Å²) in [5, 5.41) is 0.537. The summed E-state index contributed by atoms with van der Waals surface area (Å²) in [7, 11) is 1.83. The van der Waals surface area contributed by atoms with Crippen LogP contribution in [0.15, 0.2) is 23.9 Å². The van der Waals surface area contributed by atoms with Crippen LogP contribution in [0.5, 0.6) is 11.5 Å². The highest BCUT2D eigenvalue weighted by atomic mass is 32.1. The van der Waals surface area contributed by atoms with Gasteiger partial charge in [-0.3, -0.25) is 14.6 Å². The summed E-state index contributed by atoms with van der Waals surface area (Å²) >= 11 is 5.48. The van der Waals surface area contributed by atoms with E-state index in [1.807, 2.05) is 31.3 Å². The van der Waals surface area contributed by atoms with Crippen molar-refractivity contribution in [2.75, 3.05) is 53.2 Å². The molecule has 0 radical (unpaired) electrons. The first-order valence-corrected chi connectivity index (χ1v) is 9.05. The van der Waals surface area contributed by atoms with Gasteiger partial charge in [0.15, 0.2) is 16.6 Å². The van der Waals surface area contributed by atoms with E-state index in [1.165, 1.54) is 0 Å². The number of morpholine rings is 1. The van der Waals surface area contributed by atoms with Gasteiger partial charge in [-0.2, -0.15) is 0 Å². The van der Waals surface area contributed by atoms with Gasteiger partial charge >= 0.3 is 0 Å². The molecule has 0 unspecified atom stereocenters. The third-order valence-corrected chi connectivity index (χ3v) is 5.28. The highest BCUT2D eigenvalue weighted by molar-refractivity contribution is 7.80. The number of hydrogen-bond acceptors (Lipinski definition) is 6. The van der Waals surface area contributed by atoms with Crippen LogP contribution in [0, 0.1) is 0 Å². The van der Waals surface area contributed by atoms with Gasteiger partial charge in [-0.1, -0.05) is 6.07 Å². The Morgan fingerprint density at radius 1 is 1.15 bits per heavy atom. The van der Waals surface area contributed by atoms with E-state index in [1.54, 1.807) is 9.80 Å². The summed E-state index contributed by atoms with van der Waals surface area (Å²) in [6.07, 6.45) is 1.84. The van der Waals surface area contributed by atoms with Crippen molar-refractivity contribution in [1.82, 2.24) is 14.7 Å². The number of carbonyl (C=O) groups excluding carboxylic acids is 1. The van der Waals surface area contributed by atoms with Crippen LogP contribution in [-0.4, -0.2) is 79.0 Å². The molecule has 1 aromatic rings. The summed E-state index contributed by atoms with van der Waals surface area (Å²) in [6, 6.07) is 5.62. The predicted molar refractivity (Wildman–Crippen MR) is 99.9 cm³/mol. The number of benzene rings is 1. The Balaban J connectivity index is 1.48. The Kier molecular flexibility index (Phi) is 4.80. The molecule has 3 heterocycles. The van der Waals surface area contributed by atoms with E-state index in [-0.39, 0.29) is 12.7 Å². The highest BCUT2D eigenvalue weighted by Gasteiger charge is 2.35. The molecule has 2 fully saturated rings. The minimum atomic E-state index is -0.0663. The molecule has 138 valence electrons. The summed E-state index contributed by atoms with van der Waals surface area (Å²) < 4.78 is 16.1. The fourth-order valence-corrected chi connectivity index (χ4v) is 3.51. The van der Waals surface area contributed by atoms with Crippen LogP contribution in [-0.2, 0) is 9.53 Å². The lowest BCUT2D eigenvalue weighted by molar-refractivity contribution is -0.122. The fraction of sp³-hybridized carbons (Fsp3) is 0.444. The van der Waals surface area contributed by atoms with Crippen LogP contribution >= 0.6 is 12.2 Å². The smallest absolute Gasteiger partial charge is 0.276 e. The first-order valence-electron chi connectivity index (χ1n) is 8.64. The van der Waals surface area contributed by atoms with Crippen molar-refractivity contribution < 1.29 is 19.0 Å².